The van der Waals surface area contributed by atoms with E-state index < -0.39 is 15.7 Å². The molecule has 92 valence electrons. The number of rotatable bonds is 2. The predicted molar refractivity (Wildman–Crippen MR) is 68.5 cm³/mol. The van der Waals surface area contributed by atoms with Gasteiger partial charge in [0.15, 0.2) is 0 Å². The van der Waals surface area contributed by atoms with Gasteiger partial charge in [0.2, 0.25) is 5.91 Å². The number of carbonyl (C=O) groups is 1. The van der Waals surface area contributed by atoms with Gasteiger partial charge in [-0.25, -0.2) is 4.21 Å². The van der Waals surface area contributed by atoms with Gasteiger partial charge in [-0.2, -0.15) is 0 Å². The lowest BCUT2D eigenvalue weighted by Crippen LogP contribution is -2.51. The van der Waals surface area contributed by atoms with E-state index in [0.29, 0.717) is 6.42 Å². The first kappa shape index (κ1) is 12.3. The zero-order valence-corrected chi connectivity index (χ0v) is 11.2. The molecular weight excluding hydrogens is 234 g/mol. The third-order valence-corrected chi connectivity index (χ3v) is 4.65. The predicted octanol–water partition coefficient (Wildman–Crippen LogP) is 2.42. The molecule has 1 aromatic rings. The Balaban J connectivity index is 2.23. The summed E-state index contributed by atoms with van der Waals surface area (Å²) in [6.45, 7) is 5.66. The van der Waals surface area contributed by atoms with E-state index in [1.807, 2.05) is 51.1 Å². The summed E-state index contributed by atoms with van der Waals surface area (Å²) in [7, 11) is -1.27. The van der Waals surface area contributed by atoms with Crippen LogP contribution in [0.5, 0.6) is 0 Å². The van der Waals surface area contributed by atoms with Gasteiger partial charge in [0, 0.05) is 0 Å². The van der Waals surface area contributed by atoms with Crippen molar-refractivity contribution in [2.24, 2.45) is 0 Å². The monoisotopic (exact) mass is 251 g/mol. The molecule has 0 aliphatic carbocycles. The van der Waals surface area contributed by atoms with Gasteiger partial charge in [-0.1, -0.05) is 30.3 Å². The highest BCUT2D eigenvalue weighted by Crippen LogP contribution is 2.38. The van der Waals surface area contributed by atoms with Crippen LogP contribution < -0.4 is 0 Å². The maximum Gasteiger partial charge on any atom is 0.237 e. The van der Waals surface area contributed by atoms with Crippen LogP contribution in [-0.2, 0) is 15.8 Å². The molecule has 3 nitrogen and oxygen atoms in total. The second-order valence-corrected chi connectivity index (χ2v) is 7.33. The van der Waals surface area contributed by atoms with Crippen LogP contribution in [0.4, 0.5) is 0 Å². The standard InChI is InChI=1S/C13H17NO2S/c1-13(2,3)17(16)14-11(9-12(14)15)10-7-5-4-6-8-10/h4-8,11H,9H2,1-3H3/t11-,17?/m0/s1. The molecule has 17 heavy (non-hydrogen) atoms. The highest BCUT2D eigenvalue weighted by atomic mass is 32.2. The zero-order valence-electron chi connectivity index (χ0n) is 10.3. The Kier molecular flexibility index (Phi) is 3.08. The SMILES string of the molecule is CC(C)(C)S(=O)N1C(=O)C[C@H]1c1ccccc1. The van der Waals surface area contributed by atoms with Crippen LogP contribution in [0.2, 0.25) is 0 Å². The van der Waals surface area contributed by atoms with Crippen molar-refractivity contribution in [3.05, 3.63) is 35.9 Å². The number of benzene rings is 1. The van der Waals surface area contributed by atoms with Gasteiger partial charge in [0.05, 0.1) is 17.2 Å². The molecule has 0 bridgehead atoms. The van der Waals surface area contributed by atoms with Crippen LogP contribution in [0, 0.1) is 0 Å². The Morgan fingerprint density at radius 3 is 2.29 bits per heavy atom. The summed E-state index contributed by atoms with van der Waals surface area (Å²) in [6, 6.07) is 9.75. The van der Waals surface area contributed by atoms with Crippen molar-refractivity contribution in [1.82, 2.24) is 4.31 Å². The van der Waals surface area contributed by atoms with E-state index in [2.05, 4.69) is 0 Å². The maximum absolute atomic E-state index is 12.3. The number of hydrogen-bond donors (Lipinski definition) is 0. The molecule has 1 aliphatic rings. The summed E-state index contributed by atoms with van der Waals surface area (Å²) < 4.78 is 13.4. The molecule has 0 aromatic heterocycles. The molecule has 2 atom stereocenters. The first-order valence-electron chi connectivity index (χ1n) is 5.70. The lowest BCUT2D eigenvalue weighted by atomic mass is 9.97. The largest absolute Gasteiger partial charge is 0.274 e. The van der Waals surface area contributed by atoms with Gasteiger partial charge in [-0.3, -0.25) is 9.10 Å². The van der Waals surface area contributed by atoms with Gasteiger partial charge in [0.25, 0.3) is 0 Å². The summed E-state index contributed by atoms with van der Waals surface area (Å²) in [6.07, 6.45) is 0.464. The van der Waals surface area contributed by atoms with Gasteiger partial charge in [0.1, 0.15) is 11.0 Å². The minimum Gasteiger partial charge on any atom is -0.274 e. The molecule has 0 N–H and O–H groups in total. The Labute approximate surface area is 104 Å². The quantitative estimate of drug-likeness (QED) is 0.757. The van der Waals surface area contributed by atoms with Gasteiger partial charge in [-0.15, -0.1) is 0 Å². The fourth-order valence-corrected chi connectivity index (χ4v) is 3.11. The first-order chi connectivity index (χ1) is 7.91. The fourth-order valence-electron chi connectivity index (χ4n) is 1.83. The molecule has 4 heteroatoms. The van der Waals surface area contributed by atoms with Crippen molar-refractivity contribution in [2.45, 2.75) is 38.0 Å². The van der Waals surface area contributed by atoms with Crippen LogP contribution in [0.3, 0.4) is 0 Å². The molecular formula is C13H17NO2S. The molecule has 1 unspecified atom stereocenters. The smallest absolute Gasteiger partial charge is 0.237 e. The average Bonchev–Trinajstić information content (AvgIpc) is 2.25. The van der Waals surface area contributed by atoms with Crippen LogP contribution in [0.1, 0.15) is 38.8 Å². The van der Waals surface area contributed by atoms with Crippen LogP contribution >= 0.6 is 0 Å². The third-order valence-electron chi connectivity index (χ3n) is 2.78. The van der Waals surface area contributed by atoms with E-state index in [1.54, 1.807) is 0 Å². The van der Waals surface area contributed by atoms with E-state index in [4.69, 9.17) is 0 Å². The van der Waals surface area contributed by atoms with Crippen molar-refractivity contribution < 1.29 is 9.00 Å². The van der Waals surface area contributed by atoms with Crippen LogP contribution in [-0.4, -0.2) is 19.2 Å². The molecule has 1 aliphatic heterocycles. The minimum atomic E-state index is -1.27. The summed E-state index contributed by atoms with van der Waals surface area (Å²) in [4.78, 5) is 11.6. The van der Waals surface area contributed by atoms with E-state index in [-0.39, 0.29) is 11.9 Å². The van der Waals surface area contributed by atoms with Crippen LogP contribution in [0.25, 0.3) is 0 Å². The van der Waals surface area contributed by atoms with Gasteiger partial charge < -0.3 is 0 Å². The topological polar surface area (TPSA) is 37.4 Å². The molecule has 0 radical (unpaired) electrons. The van der Waals surface area contributed by atoms with Crippen molar-refractivity contribution in [2.75, 3.05) is 0 Å². The van der Waals surface area contributed by atoms with Gasteiger partial charge >= 0.3 is 0 Å². The Bertz CT molecular complexity index is 450. The molecule has 2 rings (SSSR count). The molecule has 0 saturated carbocycles. The lowest BCUT2D eigenvalue weighted by molar-refractivity contribution is -0.137. The number of carbonyl (C=O) groups excluding carboxylic acids is 1. The normalized spacial score (nSPS) is 22.2. The van der Waals surface area contributed by atoms with E-state index in [0.717, 1.165) is 5.56 Å². The van der Waals surface area contributed by atoms with Crippen molar-refractivity contribution in [3.8, 4) is 0 Å². The molecule has 0 spiro atoms. The van der Waals surface area contributed by atoms with Crippen molar-refractivity contribution in [1.29, 1.82) is 0 Å². The third kappa shape index (κ3) is 2.27. The van der Waals surface area contributed by atoms with Crippen molar-refractivity contribution in [3.63, 3.8) is 0 Å². The molecule has 1 fully saturated rings. The Morgan fingerprint density at radius 2 is 1.82 bits per heavy atom. The molecule has 1 saturated heterocycles. The number of nitrogens with zero attached hydrogens (tertiary/aromatic N) is 1. The Hall–Kier alpha value is -1.16. The Morgan fingerprint density at radius 1 is 1.24 bits per heavy atom. The highest BCUT2D eigenvalue weighted by molar-refractivity contribution is 7.84. The van der Waals surface area contributed by atoms with Crippen LogP contribution in [0.15, 0.2) is 30.3 Å². The number of amides is 1. The van der Waals surface area contributed by atoms with E-state index in [9.17, 15) is 9.00 Å². The molecule has 1 amide bonds. The van der Waals surface area contributed by atoms with Crippen molar-refractivity contribution >= 4 is 16.9 Å². The highest BCUT2D eigenvalue weighted by Gasteiger charge is 2.44. The summed E-state index contributed by atoms with van der Waals surface area (Å²) in [5.74, 6) is -0.0212. The number of hydrogen-bond acceptors (Lipinski definition) is 2. The fraction of sp³-hybridized carbons (Fsp3) is 0.462. The summed E-state index contributed by atoms with van der Waals surface area (Å²) in [5, 5.41) is 0. The minimum absolute atomic E-state index is 0.0212. The molecule has 1 aromatic carbocycles. The second kappa shape index (κ2) is 4.26. The number of β-lactam (4-membered cyclic amide) rings is 1. The molecule has 1 heterocycles. The summed E-state index contributed by atoms with van der Waals surface area (Å²) >= 11 is 0. The van der Waals surface area contributed by atoms with E-state index in [1.165, 1.54) is 4.31 Å². The average molecular weight is 251 g/mol. The maximum atomic E-state index is 12.3. The first-order valence-corrected chi connectivity index (χ1v) is 6.81. The zero-order chi connectivity index (χ0) is 12.6. The second-order valence-electron chi connectivity index (χ2n) is 5.21. The van der Waals surface area contributed by atoms with E-state index >= 15 is 0 Å². The summed E-state index contributed by atoms with van der Waals surface area (Å²) in [5.41, 5.74) is 1.06. The lowest BCUT2D eigenvalue weighted by Gasteiger charge is -2.42. The van der Waals surface area contributed by atoms with Gasteiger partial charge in [-0.05, 0) is 26.3 Å².